The second-order valence-corrected chi connectivity index (χ2v) is 6.65. The number of anilines is 3. The summed E-state index contributed by atoms with van der Waals surface area (Å²) in [7, 11) is 1.66. The lowest BCUT2D eigenvalue weighted by atomic mass is 10.2. The van der Waals surface area contributed by atoms with Gasteiger partial charge in [0.1, 0.15) is 11.6 Å². The molecule has 0 radical (unpaired) electrons. The van der Waals surface area contributed by atoms with Crippen molar-refractivity contribution in [3.05, 3.63) is 54.9 Å². The van der Waals surface area contributed by atoms with Gasteiger partial charge in [-0.1, -0.05) is 25.0 Å². The van der Waals surface area contributed by atoms with Gasteiger partial charge >= 0.3 is 0 Å². The summed E-state index contributed by atoms with van der Waals surface area (Å²) in [6, 6.07) is 14.1. The number of aromatic nitrogens is 3. The van der Waals surface area contributed by atoms with Crippen LogP contribution < -0.4 is 15.4 Å². The van der Waals surface area contributed by atoms with Crippen LogP contribution in [-0.2, 0) is 0 Å². The van der Waals surface area contributed by atoms with Gasteiger partial charge in [-0.2, -0.15) is 4.98 Å². The van der Waals surface area contributed by atoms with Crippen molar-refractivity contribution in [1.82, 2.24) is 15.0 Å². The van der Waals surface area contributed by atoms with Crippen molar-refractivity contribution in [3.8, 4) is 17.0 Å². The van der Waals surface area contributed by atoms with Gasteiger partial charge in [0.05, 0.1) is 18.5 Å². The number of ether oxygens (including phenoxy) is 1. The van der Waals surface area contributed by atoms with Crippen LogP contribution in [0, 0.1) is 0 Å². The maximum atomic E-state index is 5.44. The Balaban J connectivity index is 1.68. The lowest BCUT2D eigenvalue weighted by molar-refractivity contribution is 0.417. The molecule has 4 rings (SSSR count). The molecular formula is C21H23N5O. The van der Waals surface area contributed by atoms with Gasteiger partial charge < -0.3 is 15.4 Å². The summed E-state index contributed by atoms with van der Waals surface area (Å²) >= 11 is 0. The number of nitrogens with zero attached hydrogens (tertiary/aromatic N) is 3. The van der Waals surface area contributed by atoms with Crippen LogP contribution in [0.3, 0.4) is 0 Å². The molecule has 6 nitrogen and oxygen atoms in total. The highest BCUT2D eigenvalue weighted by atomic mass is 16.5. The van der Waals surface area contributed by atoms with Crippen molar-refractivity contribution >= 4 is 17.5 Å². The topological polar surface area (TPSA) is 72.0 Å². The molecule has 1 aliphatic carbocycles. The fraction of sp³-hybridized carbons (Fsp3) is 0.286. The van der Waals surface area contributed by atoms with Gasteiger partial charge in [-0.05, 0) is 37.1 Å². The molecule has 0 bridgehead atoms. The Labute approximate surface area is 159 Å². The standard InChI is InChI=1S/C21H23N5O/c1-27-19-9-5-4-8-17(19)24-20-14-18(15-10-12-22-13-11-15)25-21(26-20)23-16-6-2-3-7-16/h4-5,8-14,16H,2-3,6-7H2,1H3,(H2,23,24,25,26). The minimum Gasteiger partial charge on any atom is -0.495 e. The molecule has 1 aliphatic rings. The molecule has 0 amide bonds. The van der Waals surface area contributed by atoms with Gasteiger partial charge in [-0.15, -0.1) is 0 Å². The SMILES string of the molecule is COc1ccccc1Nc1cc(-c2ccncc2)nc(NC2CCCC2)n1. The van der Waals surface area contributed by atoms with Crippen molar-refractivity contribution < 1.29 is 4.74 Å². The number of pyridine rings is 1. The Kier molecular flexibility index (Phi) is 5.14. The van der Waals surface area contributed by atoms with E-state index >= 15 is 0 Å². The number of hydrogen-bond acceptors (Lipinski definition) is 6. The predicted octanol–water partition coefficient (Wildman–Crippen LogP) is 4.65. The third kappa shape index (κ3) is 4.16. The minimum atomic E-state index is 0.441. The summed E-state index contributed by atoms with van der Waals surface area (Å²) in [6.45, 7) is 0. The summed E-state index contributed by atoms with van der Waals surface area (Å²) in [4.78, 5) is 13.5. The molecular weight excluding hydrogens is 338 g/mol. The number of nitrogens with one attached hydrogen (secondary N) is 2. The maximum absolute atomic E-state index is 5.44. The van der Waals surface area contributed by atoms with Crippen LogP contribution in [0.25, 0.3) is 11.3 Å². The van der Waals surface area contributed by atoms with E-state index < -0.39 is 0 Å². The van der Waals surface area contributed by atoms with Gasteiger partial charge in [-0.3, -0.25) is 4.98 Å². The third-order valence-corrected chi connectivity index (χ3v) is 4.76. The maximum Gasteiger partial charge on any atom is 0.225 e. The second-order valence-electron chi connectivity index (χ2n) is 6.65. The Hall–Kier alpha value is -3.15. The van der Waals surface area contributed by atoms with Gasteiger partial charge in [-0.25, -0.2) is 4.98 Å². The van der Waals surface area contributed by atoms with E-state index in [1.807, 2.05) is 42.5 Å². The van der Waals surface area contributed by atoms with Gasteiger partial charge in [0.2, 0.25) is 5.95 Å². The molecule has 2 aromatic heterocycles. The van der Waals surface area contributed by atoms with Gasteiger partial charge in [0, 0.05) is 30.1 Å². The molecule has 0 aliphatic heterocycles. The lowest BCUT2D eigenvalue weighted by Gasteiger charge is -2.16. The quantitative estimate of drug-likeness (QED) is 0.666. The first kappa shape index (κ1) is 17.3. The average molecular weight is 361 g/mol. The van der Waals surface area contributed by atoms with E-state index in [0.717, 1.165) is 41.4 Å². The Morgan fingerprint density at radius 3 is 2.56 bits per heavy atom. The van der Waals surface area contributed by atoms with Crippen molar-refractivity contribution in [2.75, 3.05) is 17.7 Å². The van der Waals surface area contributed by atoms with Crippen LogP contribution in [0.2, 0.25) is 0 Å². The fourth-order valence-corrected chi connectivity index (χ4v) is 3.38. The van der Waals surface area contributed by atoms with Crippen LogP contribution in [-0.4, -0.2) is 28.1 Å². The fourth-order valence-electron chi connectivity index (χ4n) is 3.38. The molecule has 0 saturated heterocycles. The lowest BCUT2D eigenvalue weighted by Crippen LogP contribution is -2.17. The Morgan fingerprint density at radius 2 is 1.78 bits per heavy atom. The van der Waals surface area contributed by atoms with Crippen LogP contribution in [0.5, 0.6) is 5.75 Å². The van der Waals surface area contributed by atoms with Crippen molar-refractivity contribution in [3.63, 3.8) is 0 Å². The number of methoxy groups -OCH3 is 1. The number of rotatable bonds is 6. The number of benzene rings is 1. The number of para-hydroxylation sites is 2. The van der Waals surface area contributed by atoms with Gasteiger partial charge in [0.25, 0.3) is 0 Å². The van der Waals surface area contributed by atoms with E-state index in [2.05, 4.69) is 20.6 Å². The smallest absolute Gasteiger partial charge is 0.225 e. The highest BCUT2D eigenvalue weighted by molar-refractivity contribution is 5.69. The van der Waals surface area contributed by atoms with Crippen LogP contribution in [0.4, 0.5) is 17.5 Å². The van der Waals surface area contributed by atoms with E-state index in [0.29, 0.717) is 12.0 Å². The zero-order valence-electron chi connectivity index (χ0n) is 15.4. The zero-order chi connectivity index (χ0) is 18.5. The molecule has 6 heteroatoms. The minimum absolute atomic E-state index is 0.441. The molecule has 138 valence electrons. The van der Waals surface area contributed by atoms with Crippen LogP contribution >= 0.6 is 0 Å². The van der Waals surface area contributed by atoms with E-state index in [1.54, 1.807) is 19.5 Å². The van der Waals surface area contributed by atoms with Crippen molar-refractivity contribution in [1.29, 1.82) is 0 Å². The largest absolute Gasteiger partial charge is 0.495 e. The van der Waals surface area contributed by atoms with Crippen molar-refractivity contribution in [2.45, 2.75) is 31.7 Å². The molecule has 27 heavy (non-hydrogen) atoms. The molecule has 2 heterocycles. The van der Waals surface area contributed by atoms with Crippen molar-refractivity contribution in [2.24, 2.45) is 0 Å². The highest BCUT2D eigenvalue weighted by Gasteiger charge is 2.17. The summed E-state index contributed by atoms with van der Waals surface area (Å²) in [5.74, 6) is 2.14. The molecule has 0 unspecified atom stereocenters. The zero-order valence-corrected chi connectivity index (χ0v) is 15.4. The summed E-state index contributed by atoms with van der Waals surface area (Å²) in [5, 5.41) is 6.86. The van der Waals surface area contributed by atoms with Crippen LogP contribution in [0.1, 0.15) is 25.7 Å². The predicted molar refractivity (Wildman–Crippen MR) is 107 cm³/mol. The normalized spacial score (nSPS) is 14.1. The highest BCUT2D eigenvalue weighted by Crippen LogP contribution is 2.29. The van der Waals surface area contributed by atoms with Crippen LogP contribution in [0.15, 0.2) is 54.9 Å². The Morgan fingerprint density at radius 1 is 1.00 bits per heavy atom. The summed E-state index contributed by atoms with van der Waals surface area (Å²) < 4.78 is 5.44. The third-order valence-electron chi connectivity index (χ3n) is 4.76. The van der Waals surface area contributed by atoms with E-state index in [9.17, 15) is 0 Å². The Bertz CT molecular complexity index is 894. The monoisotopic (exact) mass is 361 g/mol. The van der Waals surface area contributed by atoms with E-state index in [-0.39, 0.29) is 0 Å². The molecule has 0 atom stereocenters. The molecule has 0 spiro atoms. The summed E-state index contributed by atoms with van der Waals surface area (Å²) in [5.41, 5.74) is 2.72. The second kappa shape index (κ2) is 8.03. The number of hydrogen-bond donors (Lipinski definition) is 2. The first-order valence-corrected chi connectivity index (χ1v) is 9.28. The first-order chi connectivity index (χ1) is 13.3. The van der Waals surface area contributed by atoms with Gasteiger partial charge in [0.15, 0.2) is 0 Å². The van der Waals surface area contributed by atoms with E-state index in [4.69, 9.17) is 9.72 Å². The molecule has 1 saturated carbocycles. The average Bonchev–Trinajstić information content (AvgIpc) is 3.22. The molecule has 1 aromatic carbocycles. The molecule has 2 N–H and O–H groups in total. The molecule has 1 fully saturated rings. The summed E-state index contributed by atoms with van der Waals surface area (Å²) in [6.07, 6.45) is 8.39. The molecule has 3 aromatic rings. The van der Waals surface area contributed by atoms with E-state index in [1.165, 1.54) is 12.8 Å². The first-order valence-electron chi connectivity index (χ1n) is 9.28.